The average Bonchev–Trinajstić information content (AvgIpc) is 2.37. The van der Waals surface area contributed by atoms with Crippen LogP contribution in [-0.2, 0) is 0 Å². The number of hydrogen-bond acceptors (Lipinski definition) is 3. The minimum absolute atomic E-state index is 0.433. The molecule has 1 unspecified atom stereocenters. The third kappa shape index (κ3) is 2.39. The van der Waals surface area contributed by atoms with Gasteiger partial charge in [-0.3, -0.25) is 4.98 Å². The second-order valence-corrected chi connectivity index (χ2v) is 4.09. The summed E-state index contributed by atoms with van der Waals surface area (Å²) in [5.74, 6) is 0.787. The Morgan fingerprint density at radius 3 is 2.88 bits per heavy atom. The van der Waals surface area contributed by atoms with Crippen molar-refractivity contribution in [1.29, 1.82) is 0 Å². The van der Waals surface area contributed by atoms with Crippen LogP contribution in [0.5, 0.6) is 5.75 Å². The second-order valence-electron chi connectivity index (χ2n) is 4.09. The molecule has 1 aromatic carbocycles. The summed E-state index contributed by atoms with van der Waals surface area (Å²) in [7, 11) is 1.64. The van der Waals surface area contributed by atoms with Gasteiger partial charge >= 0.3 is 0 Å². The number of pyridine rings is 1. The lowest BCUT2D eigenvalue weighted by molar-refractivity contribution is 0.168. The Kier molecular flexibility index (Phi) is 3.59. The fourth-order valence-electron chi connectivity index (χ4n) is 1.99. The Labute approximate surface area is 101 Å². The van der Waals surface area contributed by atoms with Crippen molar-refractivity contribution in [1.82, 2.24) is 4.98 Å². The standard InChI is InChI=1S/C14H17NO2/c1-3-4-14(16)11-7-8-15-13-6-5-10(17-2)9-12(11)13/h5-9,14,16H,3-4H2,1-2H3. The Hall–Kier alpha value is -1.61. The number of aliphatic hydroxyl groups excluding tert-OH is 1. The zero-order valence-electron chi connectivity index (χ0n) is 10.2. The van der Waals surface area contributed by atoms with Gasteiger partial charge in [0.05, 0.1) is 18.7 Å². The highest BCUT2D eigenvalue weighted by molar-refractivity contribution is 5.83. The van der Waals surface area contributed by atoms with Gasteiger partial charge in [-0.1, -0.05) is 13.3 Å². The van der Waals surface area contributed by atoms with E-state index in [9.17, 15) is 5.11 Å². The molecule has 0 aliphatic heterocycles. The van der Waals surface area contributed by atoms with Crippen molar-refractivity contribution >= 4 is 10.9 Å². The highest BCUT2D eigenvalue weighted by Gasteiger charge is 2.11. The SMILES string of the molecule is CCCC(O)c1ccnc2ccc(OC)cc12. The monoisotopic (exact) mass is 231 g/mol. The maximum atomic E-state index is 10.1. The van der Waals surface area contributed by atoms with Gasteiger partial charge in [0, 0.05) is 11.6 Å². The summed E-state index contributed by atoms with van der Waals surface area (Å²) in [4.78, 5) is 4.29. The van der Waals surface area contributed by atoms with E-state index in [1.807, 2.05) is 24.3 Å². The first kappa shape index (κ1) is 11.9. The summed E-state index contributed by atoms with van der Waals surface area (Å²) >= 11 is 0. The molecule has 0 saturated carbocycles. The third-order valence-electron chi connectivity index (χ3n) is 2.90. The molecule has 2 aromatic rings. The number of aliphatic hydroxyl groups is 1. The van der Waals surface area contributed by atoms with E-state index in [0.29, 0.717) is 0 Å². The molecule has 0 bridgehead atoms. The lowest BCUT2D eigenvalue weighted by Gasteiger charge is -2.13. The van der Waals surface area contributed by atoms with Crippen LogP contribution in [0.25, 0.3) is 10.9 Å². The predicted octanol–water partition coefficient (Wildman–Crippen LogP) is 3.08. The highest BCUT2D eigenvalue weighted by atomic mass is 16.5. The van der Waals surface area contributed by atoms with E-state index in [1.165, 1.54) is 0 Å². The van der Waals surface area contributed by atoms with E-state index < -0.39 is 6.10 Å². The molecule has 1 N–H and O–H groups in total. The molecule has 1 aromatic heterocycles. The van der Waals surface area contributed by atoms with Crippen molar-refractivity contribution < 1.29 is 9.84 Å². The van der Waals surface area contributed by atoms with Crippen LogP contribution in [0, 0.1) is 0 Å². The Morgan fingerprint density at radius 1 is 1.35 bits per heavy atom. The molecule has 0 amide bonds. The predicted molar refractivity (Wildman–Crippen MR) is 68.2 cm³/mol. The van der Waals surface area contributed by atoms with Gasteiger partial charge in [-0.15, -0.1) is 0 Å². The third-order valence-corrected chi connectivity index (χ3v) is 2.90. The van der Waals surface area contributed by atoms with Gasteiger partial charge in [-0.05, 0) is 36.2 Å². The van der Waals surface area contributed by atoms with Gasteiger partial charge in [-0.25, -0.2) is 0 Å². The van der Waals surface area contributed by atoms with Gasteiger partial charge in [-0.2, -0.15) is 0 Å². The topological polar surface area (TPSA) is 42.4 Å². The molecule has 0 fully saturated rings. The minimum Gasteiger partial charge on any atom is -0.497 e. The summed E-state index contributed by atoms with van der Waals surface area (Å²) in [6.07, 6.45) is 3.02. The van der Waals surface area contributed by atoms with E-state index in [0.717, 1.165) is 35.1 Å². The lowest BCUT2D eigenvalue weighted by Crippen LogP contribution is -1.98. The molecular formula is C14H17NO2. The van der Waals surface area contributed by atoms with Crippen LogP contribution < -0.4 is 4.74 Å². The number of hydrogen-bond donors (Lipinski definition) is 1. The first-order valence-electron chi connectivity index (χ1n) is 5.87. The van der Waals surface area contributed by atoms with E-state index >= 15 is 0 Å². The maximum Gasteiger partial charge on any atom is 0.119 e. The van der Waals surface area contributed by atoms with Gasteiger partial charge in [0.2, 0.25) is 0 Å². The maximum absolute atomic E-state index is 10.1. The average molecular weight is 231 g/mol. The van der Waals surface area contributed by atoms with Gasteiger partial charge < -0.3 is 9.84 Å². The number of ether oxygens (including phenoxy) is 1. The summed E-state index contributed by atoms with van der Waals surface area (Å²) in [6, 6.07) is 7.60. The highest BCUT2D eigenvalue weighted by Crippen LogP contribution is 2.28. The number of methoxy groups -OCH3 is 1. The summed E-state index contributed by atoms with van der Waals surface area (Å²) in [5.41, 5.74) is 1.81. The number of benzene rings is 1. The Morgan fingerprint density at radius 2 is 2.18 bits per heavy atom. The van der Waals surface area contributed by atoms with Gasteiger partial charge in [0.25, 0.3) is 0 Å². The van der Waals surface area contributed by atoms with Crippen molar-refractivity contribution in [2.45, 2.75) is 25.9 Å². The van der Waals surface area contributed by atoms with Crippen LogP contribution in [0.4, 0.5) is 0 Å². The normalized spacial score (nSPS) is 12.6. The van der Waals surface area contributed by atoms with E-state index in [-0.39, 0.29) is 0 Å². The number of rotatable bonds is 4. The van der Waals surface area contributed by atoms with Crippen LogP contribution in [0.2, 0.25) is 0 Å². The molecule has 2 rings (SSSR count). The smallest absolute Gasteiger partial charge is 0.119 e. The fourth-order valence-corrected chi connectivity index (χ4v) is 1.99. The fraction of sp³-hybridized carbons (Fsp3) is 0.357. The molecule has 0 spiro atoms. The molecule has 0 saturated heterocycles. The lowest BCUT2D eigenvalue weighted by atomic mass is 10.0. The van der Waals surface area contributed by atoms with E-state index in [1.54, 1.807) is 13.3 Å². The quantitative estimate of drug-likeness (QED) is 0.879. The first-order chi connectivity index (χ1) is 8.26. The largest absolute Gasteiger partial charge is 0.497 e. The van der Waals surface area contributed by atoms with Crippen molar-refractivity contribution in [3.8, 4) is 5.75 Å². The summed E-state index contributed by atoms with van der Waals surface area (Å²) < 4.78 is 5.21. The summed E-state index contributed by atoms with van der Waals surface area (Å²) in [6.45, 7) is 2.06. The van der Waals surface area contributed by atoms with Gasteiger partial charge in [0.1, 0.15) is 5.75 Å². The Balaban J connectivity index is 2.54. The van der Waals surface area contributed by atoms with Crippen molar-refractivity contribution in [2.75, 3.05) is 7.11 Å². The second kappa shape index (κ2) is 5.15. The Bertz CT molecular complexity index is 511. The van der Waals surface area contributed by atoms with Crippen molar-refractivity contribution in [3.05, 3.63) is 36.0 Å². The van der Waals surface area contributed by atoms with E-state index in [4.69, 9.17) is 4.74 Å². The molecule has 90 valence electrons. The van der Waals surface area contributed by atoms with Crippen LogP contribution >= 0.6 is 0 Å². The molecular weight excluding hydrogens is 214 g/mol. The van der Waals surface area contributed by atoms with Crippen molar-refractivity contribution in [2.24, 2.45) is 0 Å². The molecule has 3 nitrogen and oxygen atoms in total. The zero-order chi connectivity index (χ0) is 12.3. The van der Waals surface area contributed by atoms with Crippen LogP contribution in [0.3, 0.4) is 0 Å². The molecule has 0 aliphatic rings. The van der Waals surface area contributed by atoms with E-state index in [2.05, 4.69) is 11.9 Å². The van der Waals surface area contributed by atoms with Crippen LogP contribution in [-0.4, -0.2) is 17.2 Å². The molecule has 17 heavy (non-hydrogen) atoms. The molecule has 0 radical (unpaired) electrons. The zero-order valence-corrected chi connectivity index (χ0v) is 10.2. The molecule has 1 heterocycles. The van der Waals surface area contributed by atoms with Crippen LogP contribution in [0.1, 0.15) is 31.4 Å². The number of fused-ring (bicyclic) bond motifs is 1. The first-order valence-corrected chi connectivity index (χ1v) is 5.87. The molecule has 1 atom stereocenters. The minimum atomic E-state index is -0.433. The molecule has 3 heteroatoms. The number of aromatic nitrogens is 1. The number of nitrogens with zero attached hydrogens (tertiary/aromatic N) is 1. The molecule has 0 aliphatic carbocycles. The summed E-state index contributed by atoms with van der Waals surface area (Å²) in [5, 5.41) is 11.1. The van der Waals surface area contributed by atoms with Gasteiger partial charge in [0.15, 0.2) is 0 Å². The van der Waals surface area contributed by atoms with Crippen molar-refractivity contribution in [3.63, 3.8) is 0 Å². The van der Waals surface area contributed by atoms with Crippen LogP contribution in [0.15, 0.2) is 30.5 Å².